The van der Waals surface area contributed by atoms with E-state index in [-0.39, 0.29) is 26.1 Å². The molecule has 0 spiro atoms. The average molecular weight is 465 g/mol. The van der Waals surface area contributed by atoms with Crippen LogP contribution in [-0.4, -0.2) is 43.3 Å². The molecule has 2 rings (SSSR count). The van der Waals surface area contributed by atoms with Crippen LogP contribution in [0.5, 0.6) is 11.5 Å². The van der Waals surface area contributed by atoms with Crippen LogP contribution in [0.2, 0.25) is 0 Å². The molecule has 0 aliphatic rings. The van der Waals surface area contributed by atoms with Crippen molar-refractivity contribution < 1.29 is 38.1 Å². The second-order valence-electron chi connectivity index (χ2n) is 6.51. The fourth-order valence-corrected chi connectivity index (χ4v) is 2.32. The maximum Gasteiger partial charge on any atom is 0.330 e. The molecular formula is C25H23NO8. The highest BCUT2D eigenvalue weighted by Crippen LogP contribution is 2.19. The Morgan fingerprint density at radius 1 is 0.706 bits per heavy atom. The third-order valence-electron chi connectivity index (χ3n) is 3.98. The minimum Gasteiger partial charge on any atom is -0.462 e. The van der Waals surface area contributed by atoms with Crippen LogP contribution in [0.1, 0.15) is 18.4 Å². The van der Waals surface area contributed by atoms with Gasteiger partial charge in [-0.2, -0.15) is 0 Å². The number of aliphatic imine (C=N–C) groups is 1. The van der Waals surface area contributed by atoms with Gasteiger partial charge >= 0.3 is 23.9 Å². The molecular weight excluding hydrogens is 442 g/mol. The molecule has 176 valence electrons. The van der Waals surface area contributed by atoms with Crippen molar-refractivity contribution in [1.29, 1.82) is 0 Å². The van der Waals surface area contributed by atoms with E-state index >= 15 is 0 Å². The largest absolute Gasteiger partial charge is 0.462 e. The van der Waals surface area contributed by atoms with E-state index in [0.29, 0.717) is 17.2 Å². The topological polar surface area (TPSA) is 118 Å². The first-order valence-electron chi connectivity index (χ1n) is 10.1. The third kappa shape index (κ3) is 9.73. The zero-order valence-electron chi connectivity index (χ0n) is 18.3. The molecule has 0 unspecified atom stereocenters. The molecule has 0 bridgehead atoms. The fraction of sp³-hybridized carbons (Fsp3) is 0.160. The van der Waals surface area contributed by atoms with Gasteiger partial charge in [-0.05, 0) is 54.1 Å². The molecule has 0 aromatic heterocycles. The van der Waals surface area contributed by atoms with Crippen molar-refractivity contribution in [2.75, 3.05) is 13.2 Å². The van der Waals surface area contributed by atoms with Gasteiger partial charge in [-0.15, -0.1) is 0 Å². The minimum atomic E-state index is -0.602. The normalized spacial score (nSPS) is 10.2. The SMILES string of the molecule is C=CC(=O)OCCC(=O)Oc1ccc(C=Nc2ccc(OC(=O)CCOC(=O)C=C)cc2)cc1. The maximum absolute atomic E-state index is 11.7. The molecule has 0 aliphatic heterocycles. The molecule has 0 saturated carbocycles. The number of benzene rings is 2. The van der Waals surface area contributed by atoms with E-state index in [4.69, 9.17) is 18.9 Å². The highest BCUT2D eigenvalue weighted by Gasteiger charge is 2.07. The Morgan fingerprint density at radius 3 is 1.59 bits per heavy atom. The fourth-order valence-electron chi connectivity index (χ4n) is 2.32. The number of esters is 4. The van der Waals surface area contributed by atoms with Crippen LogP contribution in [0, 0.1) is 0 Å². The molecule has 34 heavy (non-hydrogen) atoms. The van der Waals surface area contributed by atoms with Gasteiger partial charge in [0.15, 0.2) is 0 Å². The van der Waals surface area contributed by atoms with Crippen molar-refractivity contribution in [3.05, 3.63) is 79.4 Å². The molecule has 9 heteroatoms. The van der Waals surface area contributed by atoms with Crippen LogP contribution in [0.25, 0.3) is 0 Å². The molecule has 0 aliphatic carbocycles. The van der Waals surface area contributed by atoms with E-state index in [0.717, 1.165) is 17.7 Å². The summed E-state index contributed by atoms with van der Waals surface area (Å²) < 4.78 is 19.8. The summed E-state index contributed by atoms with van der Waals surface area (Å²) in [4.78, 5) is 49.7. The number of hydrogen-bond acceptors (Lipinski definition) is 9. The van der Waals surface area contributed by atoms with Gasteiger partial charge in [0.05, 0.1) is 18.5 Å². The zero-order chi connectivity index (χ0) is 24.8. The molecule has 2 aromatic carbocycles. The monoisotopic (exact) mass is 465 g/mol. The van der Waals surface area contributed by atoms with Crippen LogP contribution in [0.3, 0.4) is 0 Å². The Kier molecular flexibility index (Phi) is 10.4. The average Bonchev–Trinajstić information content (AvgIpc) is 2.84. The summed E-state index contributed by atoms with van der Waals surface area (Å²) in [5.41, 5.74) is 1.40. The molecule has 0 N–H and O–H groups in total. The van der Waals surface area contributed by atoms with Crippen molar-refractivity contribution in [1.82, 2.24) is 0 Å². The first-order valence-corrected chi connectivity index (χ1v) is 10.1. The lowest BCUT2D eigenvalue weighted by Crippen LogP contribution is -2.13. The highest BCUT2D eigenvalue weighted by atomic mass is 16.6. The van der Waals surface area contributed by atoms with Crippen LogP contribution in [0.4, 0.5) is 5.69 Å². The predicted molar refractivity (Wildman–Crippen MR) is 123 cm³/mol. The van der Waals surface area contributed by atoms with Crippen molar-refractivity contribution in [3.63, 3.8) is 0 Å². The summed E-state index contributed by atoms with van der Waals surface area (Å²) in [5, 5.41) is 0. The van der Waals surface area contributed by atoms with Crippen LogP contribution in [-0.2, 0) is 28.7 Å². The van der Waals surface area contributed by atoms with Gasteiger partial charge in [0.25, 0.3) is 0 Å². The summed E-state index contributed by atoms with van der Waals surface area (Å²) in [5.74, 6) is -1.58. The van der Waals surface area contributed by atoms with Gasteiger partial charge < -0.3 is 18.9 Å². The summed E-state index contributed by atoms with van der Waals surface area (Å²) in [6.07, 6.45) is 3.51. The zero-order valence-corrected chi connectivity index (χ0v) is 18.3. The molecule has 0 saturated heterocycles. The van der Waals surface area contributed by atoms with Gasteiger partial charge in [0.1, 0.15) is 24.7 Å². The molecule has 0 amide bonds. The lowest BCUT2D eigenvalue weighted by Gasteiger charge is -2.05. The van der Waals surface area contributed by atoms with Crippen LogP contribution < -0.4 is 9.47 Å². The number of carbonyl (C=O) groups is 4. The van der Waals surface area contributed by atoms with E-state index < -0.39 is 23.9 Å². The molecule has 9 nitrogen and oxygen atoms in total. The lowest BCUT2D eigenvalue weighted by atomic mass is 10.2. The van der Waals surface area contributed by atoms with E-state index in [2.05, 4.69) is 18.2 Å². The van der Waals surface area contributed by atoms with E-state index in [9.17, 15) is 19.2 Å². The lowest BCUT2D eigenvalue weighted by molar-refractivity contribution is -0.143. The molecule has 0 radical (unpaired) electrons. The summed E-state index contributed by atoms with van der Waals surface area (Å²) in [6.45, 7) is 6.35. The quantitative estimate of drug-likeness (QED) is 0.202. The molecule has 2 aromatic rings. The first kappa shape index (κ1) is 25.7. The van der Waals surface area contributed by atoms with Crippen molar-refractivity contribution in [2.45, 2.75) is 12.8 Å². The second kappa shape index (κ2) is 13.8. The Labute approximate surface area is 196 Å². The van der Waals surface area contributed by atoms with Crippen LogP contribution >= 0.6 is 0 Å². The van der Waals surface area contributed by atoms with Crippen molar-refractivity contribution in [2.24, 2.45) is 4.99 Å². The maximum atomic E-state index is 11.7. The Balaban J connectivity index is 1.79. The van der Waals surface area contributed by atoms with Gasteiger partial charge in [0.2, 0.25) is 0 Å². The molecule has 0 atom stereocenters. The number of ether oxygens (including phenoxy) is 4. The van der Waals surface area contributed by atoms with Crippen molar-refractivity contribution in [3.8, 4) is 11.5 Å². The molecule has 0 fully saturated rings. The predicted octanol–water partition coefficient (Wildman–Crippen LogP) is 3.49. The summed E-state index contributed by atoms with van der Waals surface area (Å²) in [7, 11) is 0. The first-order chi connectivity index (χ1) is 16.4. The third-order valence-corrected chi connectivity index (χ3v) is 3.98. The smallest absolute Gasteiger partial charge is 0.330 e. The number of carbonyl (C=O) groups excluding carboxylic acids is 4. The minimum absolute atomic E-state index is 0.0726. The summed E-state index contributed by atoms with van der Waals surface area (Å²) >= 11 is 0. The van der Waals surface area contributed by atoms with Gasteiger partial charge in [-0.3, -0.25) is 14.6 Å². The van der Waals surface area contributed by atoms with Crippen molar-refractivity contribution >= 4 is 35.8 Å². The Bertz CT molecular complexity index is 970. The van der Waals surface area contributed by atoms with E-state index in [1.807, 2.05) is 0 Å². The number of rotatable bonds is 12. The van der Waals surface area contributed by atoms with Gasteiger partial charge in [0, 0.05) is 18.4 Å². The van der Waals surface area contributed by atoms with Crippen LogP contribution in [0.15, 0.2) is 78.8 Å². The second-order valence-corrected chi connectivity index (χ2v) is 6.51. The highest BCUT2D eigenvalue weighted by molar-refractivity contribution is 5.83. The van der Waals surface area contributed by atoms with E-state index in [1.54, 1.807) is 54.7 Å². The van der Waals surface area contributed by atoms with Gasteiger partial charge in [-0.25, -0.2) is 9.59 Å². The van der Waals surface area contributed by atoms with Gasteiger partial charge in [-0.1, -0.05) is 13.2 Å². The number of hydrogen-bond donors (Lipinski definition) is 0. The summed E-state index contributed by atoms with van der Waals surface area (Å²) in [6, 6.07) is 13.2. The molecule has 0 heterocycles. The van der Waals surface area contributed by atoms with E-state index in [1.165, 1.54) is 0 Å². The standard InChI is InChI=1S/C25H23NO8/c1-3-22(27)31-15-13-24(29)33-20-9-5-18(6-10-20)17-26-19-7-11-21(12-8-19)34-25(30)14-16-32-23(28)4-2/h3-12,17H,1-2,13-16H2. The Morgan fingerprint density at radius 2 is 1.15 bits per heavy atom. The Hall–Kier alpha value is -4.53. The number of nitrogens with zero attached hydrogens (tertiary/aromatic N) is 1.